The van der Waals surface area contributed by atoms with E-state index in [1.165, 1.54) is 0 Å². The molecule has 0 saturated heterocycles. The fourth-order valence-electron chi connectivity index (χ4n) is 1.11. The second-order valence-electron chi connectivity index (χ2n) is 3.76. The van der Waals surface area contributed by atoms with Crippen LogP contribution in [-0.2, 0) is 0 Å². The molecule has 0 aromatic rings. The summed E-state index contributed by atoms with van der Waals surface area (Å²) in [6.07, 6.45) is 0. The summed E-state index contributed by atoms with van der Waals surface area (Å²) in [6.45, 7) is -8.93. The second-order valence-corrected chi connectivity index (χ2v) is 9.09. The maximum absolute atomic E-state index is 12.6. The Morgan fingerprint density at radius 2 is 0.824 bits per heavy atom. The Morgan fingerprint density at radius 3 is 0.824 bits per heavy atom. The van der Waals surface area contributed by atoms with Crippen LogP contribution in [0.25, 0.3) is 0 Å². The predicted molar refractivity (Wildman–Crippen MR) is 44.7 cm³/mol. The van der Waals surface area contributed by atoms with Crippen molar-refractivity contribution in [3.63, 3.8) is 0 Å². The summed E-state index contributed by atoms with van der Waals surface area (Å²) in [6, 6.07) is 0. The van der Waals surface area contributed by atoms with E-state index in [0.717, 1.165) is 0 Å². The first kappa shape index (κ1) is 16.8. The molecular weight excluding hydrogens is 288 g/mol. The zero-order valence-corrected chi connectivity index (χ0v) is 9.69. The molecular formula is C6H9F9NP. The molecule has 0 bridgehead atoms. The topological polar surface area (TPSA) is 3.24 Å². The molecule has 1 nitrogen and oxygen atoms in total. The third-order valence-corrected chi connectivity index (χ3v) is 8.58. The Balaban J connectivity index is 6.59. The molecule has 0 aromatic carbocycles. The molecule has 0 N–H and O–H groups in total. The van der Waals surface area contributed by atoms with E-state index in [1.807, 2.05) is 0 Å². The second kappa shape index (κ2) is 3.63. The van der Waals surface area contributed by atoms with Crippen LogP contribution in [0.2, 0.25) is 0 Å². The number of rotatable bonds is 1. The summed E-state index contributed by atoms with van der Waals surface area (Å²) < 4.78 is 112. The molecule has 0 unspecified atom stereocenters. The van der Waals surface area contributed by atoms with Crippen LogP contribution in [0.5, 0.6) is 0 Å². The summed E-state index contributed by atoms with van der Waals surface area (Å²) >= 11 is 0. The number of nitrogens with zero attached hydrogens (tertiary/aromatic N) is 1. The molecule has 0 heterocycles. The van der Waals surface area contributed by atoms with E-state index in [0.29, 0.717) is 0 Å². The van der Waals surface area contributed by atoms with Gasteiger partial charge in [-0.3, -0.25) is 0 Å². The molecule has 0 spiro atoms. The first-order valence-electron chi connectivity index (χ1n) is 3.91. The molecule has 11 heteroatoms. The van der Waals surface area contributed by atoms with E-state index in [2.05, 4.69) is 0 Å². The summed E-state index contributed by atoms with van der Waals surface area (Å²) in [5.41, 5.74) is 0. The van der Waals surface area contributed by atoms with Crippen molar-refractivity contribution in [2.75, 3.05) is 20.8 Å². The zero-order chi connectivity index (χ0) is 14.5. The van der Waals surface area contributed by atoms with Crippen LogP contribution in [0, 0.1) is 0 Å². The Kier molecular flexibility index (Phi) is 3.58. The standard InChI is InChI=1S/C6H9F9NP/c1-16(2)17(3,4(7,8)9,5(10,11)12)6(13,14)15/h1-3H3. The average molecular weight is 297 g/mol. The SMILES string of the molecule is CN(C)P(C)(C(F)(F)F)(C(F)(F)F)C(F)(F)F. The summed E-state index contributed by atoms with van der Waals surface area (Å²) in [5, 5.41) is 0. The van der Waals surface area contributed by atoms with Crippen molar-refractivity contribution >= 4 is 6.75 Å². The molecule has 0 fully saturated rings. The Hall–Kier alpha value is -0.240. The van der Waals surface area contributed by atoms with Crippen LogP contribution in [-0.4, -0.2) is 43.2 Å². The Morgan fingerprint density at radius 1 is 0.647 bits per heavy atom. The Labute approximate surface area is 90.5 Å². The molecule has 0 aliphatic heterocycles. The van der Waals surface area contributed by atoms with Crippen LogP contribution in [0.1, 0.15) is 0 Å². The molecule has 0 rings (SSSR count). The van der Waals surface area contributed by atoms with Gasteiger partial charge in [-0.15, -0.1) is 0 Å². The Bertz CT molecular complexity index is 259. The molecule has 17 heavy (non-hydrogen) atoms. The van der Waals surface area contributed by atoms with E-state index < -0.39 is 35.8 Å². The number of hydrogen-bond donors (Lipinski definition) is 0. The van der Waals surface area contributed by atoms with Gasteiger partial charge >= 0.3 is 89.5 Å². The van der Waals surface area contributed by atoms with E-state index in [4.69, 9.17) is 0 Å². The summed E-state index contributed by atoms with van der Waals surface area (Å²) in [4.78, 5) is 0. The first-order chi connectivity index (χ1) is 7.03. The average Bonchev–Trinajstić information content (AvgIpc) is 1.94. The molecule has 0 aliphatic carbocycles. The van der Waals surface area contributed by atoms with Crippen molar-refractivity contribution in [3.8, 4) is 0 Å². The molecule has 0 amide bonds. The van der Waals surface area contributed by atoms with Gasteiger partial charge in [0.15, 0.2) is 0 Å². The van der Waals surface area contributed by atoms with E-state index >= 15 is 0 Å². The zero-order valence-electron chi connectivity index (χ0n) is 8.80. The molecule has 0 atom stereocenters. The quantitative estimate of drug-likeness (QED) is 0.518. The third-order valence-electron chi connectivity index (χ3n) is 2.86. The molecule has 106 valence electrons. The number of hydrogen-bond acceptors (Lipinski definition) is 1. The van der Waals surface area contributed by atoms with Crippen LogP contribution >= 0.6 is 6.75 Å². The van der Waals surface area contributed by atoms with Crippen molar-refractivity contribution < 1.29 is 39.5 Å². The van der Waals surface area contributed by atoms with E-state index in [1.54, 1.807) is 0 Å². The number of alkyl halides is 9. The fourth-order valence-corrected chi connectivity index (χ4v) is 3.33. The van der Waals surface area contributed by atoms with Gasteiger partial charge in [0.05, 0.1) is 0 Å². The van der Waals surface area contributed by atoms with Crippen molar-refractivity contribution in [2.45, 2.75) is 17.8 Å². The molecule has 0 saturated carbocycles. The molecule has 0 aliphatic rings. The van der Waals surface area contributed by atoms with Gasteiger partial charge < -0.3 is 0 Å². The van der Waals surface area contributed by atoms with Crippen LogP contribution in [0.3, 0.4) is 0 Å². The van der Waals surface area contributed by atoms with Gasteiger partial charge in [0, 0.05) is 0 Å². The first-order valence-corrected chi connectivity index (χ1v) is 6.55. The fraction of sp³-hybridized carbons (Fsp3) is 1.00. The summed E-state index contributed by atoms with van der Waals surface area (Å²) in [5.74, 6) is -19.4. The third kappa shape index (κ3) is 1.56. The van der Waals surface area contributed by atoms with Gasteiger partial charge in [-0.2, -0.15) is 0 Å². The monoisotopic (exact) mass is 297 g/mol. The molecule has 0 aromatic heterocycles. The van der Waals surface area contributed by atoms with Gasteiger partial charge in [0.1, 0.15) is 0 Å². The van der Waals surface area contributed by atoms with Crippen LogP contribution in [0.15, 0.2) is 0 Å². The van der Waals surface area contributed by atoms with Gasteiger partial charge in [-0.05, 0) is 0 Å². The van der Waals surface area contributed by atoms with Crippen LogP contribution < -0.4 is 0 Å². The van der Waals surface area contributed by atoms with Crippen molar-refractivity contribution in [3.05, 3.63) is 0 Å². The minimum atomic E-state index is -8.14. The minimum absolute atomic E-state index is 0.131. The van der Waals surface area contributed by atoms with Crippen molar-refractivity contribution in [2.24, 2.45) is 0 Å². The van der Waals surface area contributed by atoms with Crippen molar-refractivity contribution in [1.82, 2.24) is 4.67 Å². The van der Waals surface area contributed by atoms with Crippen molar-refractivity contribution in [1.29, 1.82) is 0 Å². The predicted octanol–water partition coefficient (Wildman–Crippen LogP) is 4.21. The molecule has 0 radical (unpaired) electrons. The normalized spacial score (nSPS) is 18.1. The van der Waals surface area contributed by atoms with Gasteiger partial charge in [-0.25, -0.2) is 0 Å². The van der Waals surface area contributed by atoms with Crippen LogP contribution in [0.4, 0.5) is 39.5 Å². The number of halogens is 9. The van der Waals surface area contributed by atoms with Gasteiger partial charge in [0.25, 0.3) is 0 Å². The van der Waals surface area contributed by atoms with E-state index in [-0.39, 0.29) is 14.1 Å². The van der Waals surface area contributed by atoms with E-state index in [9.17, 15) is 39.5 Å². The maximum atomic E-state index is 12.6. The summed E-state index contributed by atoms with van der Waals surface area (Å²) in [7, 11) is 0.262. The van der Waals surface area contributed by atoms with Gasteiger partial charge in [0.2, 0.25) is 0 Å². The van der Waals surface area contributed by atoms with Gasteiger partial charge in [-0.1, -0.05) is 0 Å².